The predicted molar refractivity (Wildman–Crippen MR) is 98.5 cm³/mol. The maximum atomic E-state index is 12.2. The highest BCUT2D eigenvalue weighted by Gasteiger charge is 2.48. The zero-order chi connectivity index (χ0) is 21.9. The van der Waals surface area contributed by atoms with Crippen molar-refractivity contribution in [2.75, 3.05) is 19.7 Å². The number of aliphatic carboxylic acids is 1. The maximum absolute atomic E-state index is 12.2. The molecule has 7 nitrogen and oxygen atoms in total. The average molecular weight is 430 g/mol. The first kappa shape index (κ1) is 22.5. The number of halogens is 3. The summed E-state index contributed by atoms with van der Waals surface area (Å²) in [5.41, 5.74) is 1.80. The number of carboxylic acids is 1. The van der Waals surface area contributed by atoms with Crippen molar-refractivity contribution in [1.82, 2.24) is 9.88 Å². The SMILES string of the molecule is Cc1cccc(CO[C@H]2CO[C@@]3(CCN(C(=O)C4CC4)C3)C2)n1.O=C(O)C(F)(F)F. The highest BCUT2D eigenvalue weighted by Crippen LogP contribution is 2.39. The Morgan fingerprint density at radius 2 is 2.07 bits per heavy atom. The fraction of sp³-hybridized carbons (Fsp3) is 0.650. The normalized spacial score (nSPS) is 25.9. The van der Waals surface area contributed by atoms with E-state index >= 15 is 0 Å². The van der Waals surface area contributed by atoms with Crippen molar-refractivity contribution in [3.05, 3.63) is 29.6 Å². The lowest BCUT2D eigenvalue weighted by molar-refractivity contribution is -0.192. The second-order valence-corrected chi connectivity index (χ2v) is 7.99. The molecule has 1 N–H and O–H groups in total. The summed E-state index contributed by atoms with van der Waals surface area (Å²) in [5, 5.41) is 7.12. The second-order valence-electron chi connectivity index (χ2n) is 7.99. The number of pyridine rings is 1. The van der Waals surface area contributed by atoms with Crippen LogP contribution in [0.5, 0.6) is 0 Å². The third-order valence-electron chi connectivity index (χ3n) is 5.39. The van der Waals surface area contributed by atoms with Gasteiger partial charge < -0.3 is 19.5 Å². The maximum Gasteiger partial charge on any atom is 0.490 e. The number of aromatic nitrogens is 1. The van der Waals surface area contributed by atoms with Gasteiger partial charge >= 0.3 is 12.1 Å². The Morgan fingerprint density at radius 3 is 2.67 bits per heavy atom. The number of ether oxygens (including phenoxy) is 2. The topological polar surface area (TPSA) is 89.0 Å². The molecule has 1 aliphatic carbocycles. The predicted octanol–water partition coefficient (Wildman–Crippen LogP) is 2.71. The third-order valence-corrected chi connectivity index (χ3v) is 5.39. The van der Waals surface area contributed by atoms with Crippen LogP contribution in [0.3, 0.4) is 0 Å². The van der Waals surface area contributed by atoms with Gasteiger partial charge in [0.2, 0.25) is 5.91 Å². The van der Waals surface area contributed by atoms with Crippen LogP contribution in [0.15, 0.2) is 18.2 Å². The summed E-state index contributed by atoms with van der Waals surface area (Å²) in [4.78, 5) is 27.6. The van der Waals surface area contributed by atoms with Crippen LogP contribution in [-0.4, -0.2) is 64.4 Å². The molecule has 0 radical (unpaired) electrons. The zero-order valence-corrected chi connectivity index (χ0v) is 16.7. The van der Waals surface area contributed by atoms with Crippen LogP contribution in [0.1, 0.15) is 37.1 Å². The molecule has 3 fully saturated rings. The molecular weight excluding hydrogens is 405 g/mol. The van der Waals surface area contributed by atoms with Crippen LogP contribution in [0, 0.1) is 12.8 Å². The molecule has 0 aromatic carbocycles. The van der Waals surface area contributed by atoms with E-state index in [1.807, 2.05) is 30.0 Å². The number of hydrogen-bond acceptors (Lipinski definition) is 5. The first-order chi connectivity index (χ1) is 14.1. The van der Waals surface area contributed by atoms with Crippen LogP contribution in [0.2, 0.25) is 0 Å². The molecule has 0 unspecified atom stereocenters. The van der Waals surface area contributed by atoms with Crippen molar-refractivity contribution in [2.45, 2.75) is 57.1 Å². The molecule has 30 heavy (non-hydrogen) atoms. The summed E-state index contributed by atoms with van der Waals surface area (Å²) in [6.07, 6.45) is -1.02. The molecule has 1 aromatic rings. The van der Waals surface area contributed by atoms with Crippen LogP contribution >= 0.6 is 0 Å². The van der Waals surface area contributed by atoms with E-state index in [-0.39, 0.29) is 11.7 Å². The molecule has 2 aliphatic heterocycles. The van der Waals surface area contributed by atoms with Gasteiger partial charge in [0.15, 0.2) is 0 Å². The molecule has 1 spiro atoms. The molecular formula is C20H25F3N2O5. The number of nitrogens with zero attached hydrogens (tertiary/aromatic N) is 2. The van der Waals surface area contributed by atoms with Gasteiger partial charge in [0.1, 0.15) is 0 Å². The Balaban J connectivity index is 0.000000318. The Hall–Kier alpha value is -2.20. The molecule has 10 heteroatoms. The van der Waals surface area contributed by atoms with Crippen molar-refractivity contribution in [3.8, 4) is 0 Å². The van der Waals surface area contributed by atoms with E-state index in [4.69, 9.17) is 19.4 Å². The van der Waals surface area contributed by atoms with E-state index in [2.05, 4.69) is 4.98 Å². The molecule has 3 heterocycles. The van der Waals surface area contributed by atoms with Gasteiger partial charge in [0.05, 0.1) is 30.6 Å². The molecule has 0 bridgehead atoms. The van der Waals surface area contributed by atoms with E-state index in [0.717, 1.165) is 50.2 Å². The van der Waals surface area contributed by atoms with Gasteiger partial charge in [0, 0.05) is 31.1 Å². The highest BCUT2D eigenvalue weighted by molar-refractivity contribution is 5.81. The fourth-order valence-electron chi connectivity index (χ4n) is 3.70. The molecule has 4 rings (SSSR count). The lowest BCUT2D eigenvalue weighted by atomic mass is 9.98. The Kier molecular flexibility index (Phi) is 6.66. The zero-order valence-electron chi connectivity index (χ0n) is 16.7. The summed E-state index contributed by atoms with van der Waals surface area (Å²) < 4.78 is 43.8. The number of carboxylic acid groups (broad SMARTS) is 1. The minimum absolute atomic E-state index is 0.105. The van der Waals surface area contributed by atoms with Gasteiger partial charge in [-0.3, -0.25) is 9.78 Å². The molecule has 2 saturated heterocycles. The number of rotatable bonds is 4. The number of hydrogen-bond donors (Lipinski definition) is 1. The number of likely N-dealkylation sites (tertiary alicyclic amines) is 1. The molecule has 1 saturated carbocycles. The van der Waals surface area contributed by atoms with Crippen LogP contribution in [0.25, 0.3) is 0 Å². The number of amides is 1. The van der Waals surface area contributed by atoms with Crippen molar-refractivity contribution in [1.29, 1.82) is 0 Å². The fourth-order valence-corrected chi connectivity index (χ4v) is 3.70. The molecule has 166 valence electrons. The van der Waals surface area contributed by atoms with E-state index in [0.29, 0.717) is 25.0 Å². The van der Waals surface area contributed by atoms with Gasteiger partial charge in [-0.15, -0.1) is 0 Å². The average Bonchev–Trinajstić information content (AvgIpc) is 3.33. The van der Waals surface area contributed by atoms with Crippen molar-refractivity contribution in [2.24, 2.45) is 5.92 Å². The summed E-state index contributed by atoms with van der Waals surface area (Å²) in [6.45, 7) is 4.71. The summed E-state index contributed by atoms with van der Waals surface area (Å²) >= 11 is 0. The minimum Gasteiger partial charge on any atom is -0.475 e. The van der Waals surface area contributed by atoms with Gasteiger partial charge in [-0.2, -0.15) is 13.2 Å². The van der Waals surface area contributed by atoms with Gasteiger partial charge in [-0.1, -0.05) is 6.07 Å². The van der Waals surface area contributed by atoms with E-state index < -0.39 is 12.1 Å². The highest BCUT2D eigenvalue weighted by atomic mass is 19.4. The van der Waals surface area contributed by atoms with Crippen molar-refractivity contribution < 1.29 is 37.3 Å². The molecule has 1 amide bonds. The quantitative estimate of drug-likeness (QED) is 0.790. The Bertz CT molecular complexity index is 784. The van der Waals surface area contributed by atoms with Gasteiger partial charge in [-0.25, -0.2) is 4.79 Å². The standard InChI is InChI=1S/C18H24N2O3.C2HF3O2/c1-13-3-2-4-15(19-13)10-22-16-9-18(23-11-16)7-8-20(12-18)17(21)14-5-6-14;3-2(4,5)1(6)7/h2-4,14,16H,5-12H2,1H3;(H,6,7)/t16-,18+;/m1./s1. The summed E-state index contributed by atoms with van der Waals surface area (Å²) in [6, 6.07) is 5.98. The molecule has 3 aliphatic rings. The first-order valence-corrected chi connectivity index (χ1v) is 9.85. The van der Waals surface area contributed by atoms with E-state index in [1.54, 1.807) is 0 Å². The lowest BCUT2D eigenvalue weighted by Crippen LogP contribution is -2.36. The van der Waals surface area contributed by atoms with Crippen LogP contribution < -0.4 is 0 Å². The Morgan fingerprint density at radius 1 is 1.37 bits per heavy atom. The second kappa shape index (κ2) is 8.89. The number of alkyl halides is 3. The monoisotopic (exact) mass is 430 g/mol. The van der Waals surface area contributed by atoms with Crippen LogP contribution in [-0.2, 0) is 25.7 Å². The first-order valence-electron chi connectivity index (χ1n) is 9.85. The van der Waals surface area contributed by atoms with E-state index in [1.165, 1.54) is 0 Å². The minimum atomic E-state index is -5.08. The van der Waals surface area contributed by atoms with E-state index in [9.17, 15) is 18.0 Å². The molecule has 1 aromatic heterocycles. The number of carbonyl (C=O) groups is 2. The smallest absolute Gasteiger partial charge is 0.475 e. The summed E-state index contributed by atoms with van der Waals surface area (Å²) in [7, 11) is 0. The molecule has 2 atom stereocenters. The third kappa shape index (κ3) is 5.91. The van der Waals surface area contributed by atoms with Gasteiger partial charge in [0.25, 0.3) is 0 Å². The van der Waals surface area contributed by atoms with Crippen LogP contribution in [0.4, 0.5) is 13.2 Å². The number of carbonyl (C=O) groups excluding carboxylic acids is 1. The van der Waals surface area contributed by atoms with Gasteiger partial charge in [-0.05, 0) is 38.3 Å². The van der Waals surface area contributed by atoms with Crippen molar-refractivity contribution >= 4 is 11.9 Å². The number of aryl methyl sites for hydroxylation is 1. The Labute approximate surface area is 172 Å². The largest absolute Gasteiger partial charge is 0.490 e. The van der Waals surface area contributed by atoms with Crippen molar-refractivity contribution in [3.63, 3.8) is 0 Å². The summed E-state index contributed by atoms with van der Waals surface area (Å²) in [5.74, 6) is -2.13. The lowest BCUT2D eigenvalue weighted by Gasteiger charge is -2.23.